The SMILES string of the molecule is c1c[nH]c2c3c(cc-2c1)CNC3. The van der Waals surface area contributed by atoms with Crippen LogP contribution in [0.1, 0.15) is 11.1 Å². The molecular formula is C10H10N2. The molecule has 0 aromatic rings. The number of pyridine rings is 1. The maximum Gasteiger partial charge on any atom is 0.0502 e. The van der Waals surface area contributed by atoms with Gasteiger partial charge in [0, 0.05) is 19.3 Å². The second-order valence-corrected chi connectivity index (χ2v) is 3.25. The first-order valence-corrected chi connectivity index (χ1v) is 4.24. The number of rotatable bonds is 0. The topological polar surface area (TPSA) is 27.8 Å². The van der Waals surface area contributed by atoms with Gasteiger partial charge >= 0.3 is 0 Å². The number of aromatic nitrogens is 1. The summed E-state index contributed by atoms with van der Waals surface area (Å²) in [5.41, 5.74) is 5.54. The van der Waals surface area contributed by atoms with E-state index < -0.39 is 0 Å². The quantitative estimate of drug-likeness (QED) is 0.600. The molecule has 0 spiro atoms. The van der Waals surface area contributed by atoms with Gasteiger partial charge in [0.05, 0.1) is 5.69 Å². The van der Waals surface area contributed by atoms with E-state index in [0.717, 1.165) is 13.1 Å². The summed E-state index contributed by atoms with van der Waals surface area (Å²) in [5, 5.41) is 3.34. The average Bonchev–Trinajstić information content (AvgIpc) is 2.62. The second-order valence-electron chi connectivity index (χ2n) is 3.25. The zero-order valence-electron chi connectivity index (χ0n) is 6.72. The molecule has 3 rings (SSSR count). The van der Waals surface area contributed by atoms with E-state index in [0.29, 0.717) is 0 Å². The summed E-state index contributed by atoms with van der Waals surface area (Å²) in [4.78, 5) is 3.29. The van der Waals surface area contributed by atoms with E-state index in [4.69, 9.17) is 0 Å². The lowest BCUT2D eigenvalue weighted by molar-refractivity contribution is 0.762. The van der Waals surface area contributed by atoms with Crippen molar-refractivity contribution in [2.24, 2.45) is 0 Å². The van der Waals surface area contributed by atoms with E-state index >= 15 is 0 Å². The van der Waals surface area contributed by atoms with Crippen LogP contribution in [0, 0.1) is 0 Å². The fourth-order valence-corrected chi connectivity index (χ4v) is 1.95. The van der Waals surface area contributed by atoms with Crippen molar-refractivity contribution in [1.82, 2.24) is 10.3 Å². The van der Waals surface area contributed by atoms with Gasteiger partial charge in [-0.05, 0) is 28.8 Å². The van der Waals surface area contributed by atoms with Crippen molar-refractivity contribution >= 4 is 0 Å². The molecule has 0 unspecified atom stereocenters. The second kappa shape index (κ2) is 2.11. The summed E-state index contributed by atoms with van der Waals surface area (Å²) >= 11 is 0. The van der Waals surface area contributed by atoms with Gasteiger partial charge in [-0.3, -0.25) is 0 Å². The Morgan fingerprint density at radius 3 is 3.25 bits per heavy atom. The Morgan fingerprint density at radius 2 is 2.25 bits per heavy atom. The Morgan fingerprint density at radius 1 is 1.25 bits per heavy atom. The van der Waals surface area contributed by atoms with Gasteiger partial charge in [0.25, 0.3) is 0 Å². The predicted octanol–water partition coefficient (Wildman–Crippen LogP) is 1.72. The summed E-state index contributed by atoms with van der Waals surface area (Å²) in [7, 11) is 0. The largest absolute Gasteiger partial charge is 0.361 e. The van der Waals surface area contributed by atoms with Gasteiger partial charge in [-0.15, -0.1) is 0 Å². The fraction of sp³-hybridized carbons (Fsp3) is 0.200. The number of hydrogen-bond donors (Lipinski definition) is 2. The summed E-state index contributed by atoms with van der Waals surface area (Å²) in [6.07, 6.45) is 1.99. The molecule has 60 valence electrons. The molecule has 0 fully saturated rings. The minimum atomic E-state index is 1.01. The summed E-state index contributed by atoms with van der Waals surface area (Å²) < 4.78 is 0. The molecule has 2 N–H and O–H groups in total. The molecule has 1 aliphatic carbocycles. The highest BCUT2D eigenvalue weighted by molar-refractivity contribution is 5.70. The number of aromatic amines is 1. The lowest BCUT2D eigenvalue weighted by Crippen LogP contribution is -2.02. The third-order valence-corrected chi connectivity index (χ3v) is 2.52. The van der Waals surface area contributed by atoms with Crippen molar-refractivity contribution in [3.8, 4) is 11.3 Å². The highest BCUT2D eigenvalue weighted by Crippen LogP contribution is 2.32. The Hall–Kier alpha value is -1.28. The van der Waals surface area contributed by atoms with Gasteiger partial charge < -0.3 is 10.3 Å². The third-order valence-electron chi connectivity index (χ3n) is 2.52. The van der Waals surface area contributed by atoms with Crippen LogP contribution in [0.25, 0.3) is 11.3 Å². The first-order chi connectivity index (χ1) is 5.95. The standard InChI is InChI=1S/C10H10N2/c1-2-7-4-8-5-11-6-9(8)10(7)12-3-1/h1-4,11-12H,5-6H2. The summed E-state index contributed by atoms with van der Waals surface area (Å²) in [6, 6.07) is 6.47. The maximum absolute atomic E-state index is 3.34. The van der Waals surface area contributed by atoms with Gasteiger partial charge in [0.2, 0.25) is 0 Å². The van der Waals surface area contributed by atoms with Crippen molar-refractivity contribution in [2.75, 3.05) is 0 Å². The van der Waals surface area contributed by atoms with Crippen LogP contribution in [0.4, 0.5) is 0 Å². The van der Waals surface area contributed by atoms with Crippen LogP contribution in [0.3, 0.4) is 0 Å². The number of hydrogen-bond acceptors (Lipinski definition) is 1. The lowest BCUT2D eigenvalue weighted by atomic mass is 10.2. The first kappa shape index (κ1) is 6.26. The van der Waals surface area contributed by atoms with Crippen LogP contribution < -0.4 is 5.32 Å². The van der Waals surface area contributed by atoms with Crippen molar-refractivity contribution < 1.29 is 0 Å². The lowest BCUT2D eigenvalue weighted by Gasteiger charge is -2.00. The van der Waals surface area contributed by atoms with Crippen LogP contribution >= 0.6 is 0 Å². The highest BCUT2D eigenvalue weighted by Gasteiger charge is 2.19. The molecular weight excluding hydrogens is 148 g/mol. The molecule has 0 aromatic carbocycles. The van der Waals surface area contributed by atoms with Gasteiger partial charge in [-0.2, -0.15) is 0 Å². The van der Waals surface area contributed by atoms with Gasteiger partial charge in [0.15, 0.2) is 0 Å². The van der Waals surface area contributed by atoms with E-state index in [1.807, 2.05) is 12.3 Å². The van der Waals surface area contributed by atoms with Crippen LogP contribution in [0.2, 0.25) is 0 Å². The van der Waals surface area contributed by atoms with E-state index in [9.17, 15) is 0 Å². The van der Waals surface area contributed by atoms with Crippen molar-refractivity contribution in [3.05, 3.63) is 35.5 Å². The first-order valence-electron chi connectivity index (χ1n) is 4.24. The fourth-order valence-electron chi connectivity index (χ4n) is 1.95. The van der Waals surface area contributed by atoms with E-state index in [2.05, 4.69) is 22.4 Å². The van der Waals surface area contributed by atoms with Gasteiger partial charge in [-0.1, -0.05) is 6.07 Å². The van der Waals surface area contributed by atoms with Crippen molar-refractivity contribution in [2.45, 2.75) is 13.1 Å². The summed E-state index contributed by atoms with van der Waals surface area (Å²) in [6.45, 7) is 2.04. The van der Waals surface area contributed by atoms with Crippen LogP contribution in [-0.4, -0.2) is 4.98 Å². The molecule has 0 radical (unpaired) electrons. The minimum absolute atomic E-state index is 1.01. The molecule has 2 nitrogen and oxygen atoms in total. The Labute approximate surface area is 71.0 Å². The molecule has 3 aliphatic rings. The van der Waals surface area contributed by atoms with Gasteiger partial charge in [0.1, 0.15) is 0 Å². The van der Waals surface area contributed by atoms with Crippen LogP contribution in [0.5, 0.6) is 0 Å². The van der Waals surface area contributed by atoms with Crippen molar-refractivity contribution in [3.63, 3.8) is 0 Å². The molecule has 0 amide bonds. The molecule has 0 saturated carbocycles. The molecule has 12 heavy (non-hydrogen) atoms. The zero-order valence-corrected chi connectivity index (χ0v) is 6.72. The van der Waals surface area contributed by atoms with E-state index in [1.54, 1.807) is 0 Å². The number of nitrogens with one attached hydrogen (secondary N) is 2. The average molecular weight is 158 g/mol. The molecule has 0 bridgehead atoms. The highest BCUT2D eigenvalue weighted by atomic mass is 14.9. The van der Waals surface area contributed by atoms with Crippen LogP contribution in [0.15, 0.2) is 24.4 Å². The monoisotopic (exact) mass is 158 g/mol. The summed E-state index contributed by atoms with van der Waals surface area (Å²) in [5.74, 6) is 0. The number of fused-ring (bicyclic) bond motifs is 3. The molecule has 2 heteroatoms. The third kappa shape index (κ3) is 0.676. The zero-order chi connectivity index (χ0) is 7.97. The van der Waals surface area contributed by atoms with Crippen LogP contribution in [-0.2, 0) is 13.1 Å². The normalized spacial score (nSPS) is 15.3. The maximum atomic E-state index is 3.34. The minimum Gasteiger partial charge on any atom is -0.361 e. The molecule has 2 aliphatic heterocycles. The predicted molar refractivity (Wildman–Crippen MR) is 48.0 cm³/mol. The Bertz CT molecular complexity index is 389. The molecule has 0 aromatic heterocycles. The smallest absolute Gasteiger partial charge is 0.0502 e. The van der Waals surface area contributed by atoms with Crippen molar-refractivity contribution in [1.29, 1.82) is 0 Å². The Balaban J connectivity index is 2.36. The van der Waals surface area contributed by atoms with E-state index in [1.165, 1.54) is 22.4 Å². The molecule has 2 heterocycles. The van der Waals surface area contributed by atoms with E-state index in [-0.39, 0.29) is 0 Å². The molecule has 0 atom stereocenters. The number of H-pyrrole nitrogens is 1. The molecule has 0 saturated heterocycles. The van der Waals surface area contributed by atoms with Gasteiger partial charge in [-0.25, -0.2) is 0 Å². The Kier molecular flexibility index (Phi) is 1.10.